The van der Waals surface area contributed by atoms with Crippen molar-refractivity contribution in [2.75, 3.05) is 0 Å². The first-order chi connectivity index (χ1) is 6.67. The molecule has 0 spiro atoms. The van der Waals surface area contributed by atoms with Gasteiger partial charge < -0.3 is 4.79 Å². The predicted molar refractivity (Wildman–Crippen MR) is 57.9 cm³/mol. The minimum absolute atomic E-state index is 0.0841. The highest BCUT2D eigenvalue weighted by Gasteiger charge is 2.44. The predicted octanol–water partition coefficient (Wildman–Crippen LogP) is 3.20. The quantitative estimate of drug-likeness (QED) is 0.460. The minimum atomic E-state index is -0.0841. The van der Waals surface area contributed by atoms with Gasteiger partial charge in [0.15, 0.2) is 0 Å². The van der Waals surface area contributed by atoms with Crippen LogP contribution in [0.1, 0.15) is 39.5 Å². The van der Waals surface area contributed by atoms with Crippen LogP contribution >= 0.6 is 0 Å². The SMILES string of the molecule is CC1CCCC2C=CCC(C)(C=O)C12. The molecule has 0 saturated heterocycles. The van der Waals surface area contributed by atoms with Crippen molar-refractivity contribution in [1.82, 2.24) is 0 Å². The lowest BCUT2D eigenvalue weighted by Crippen LogP contribution is -2.42. The summed E-state index contributed by atoms with van der Waals surface area (Å²) in [7, 11) is 0. The number of hydrogen-bond acceptors (Lipinski definition) is 1. The van der Waals surface area contributed by atoms with Gasteiger partial charge in [-0.3, -0.25) is 0 Å². The molecule has 1 saturated carbocycles. The number of rotatable bonds is 1. The number of allylic oxidation sites excluding steroid dienone is 2. The Morgan fingerprint density at radius 1 is 1.43 bits per heavy atom. The van der Waals surface area contributed by atoms with Gasteiger partial charge in [-0.2, -0.15) is 0 Å². The van der Waals surface area contributed by atoms with Crippen LogP contribution < -0.4 is 0 Å². The zero-order valence-corrected chi connectivity index (χ0v) is 9.20. The molecule has 1 fully saturated rings. The Morgan fingerprint density at radius 3 is 2.93 bits per heavy atom. The summed E-state index contributed by atoms with van der Waals surface area (Å²) < 4.78 is 0. The van der Waals surface area contributed by atoms with E-state index in [0.29, 0.717) is 17.8 Å². The van der Waals surface area contributed by atoms with E-state index >= 15 is 0 Å². The molecule has 1 heteroatoms. The highest BCUT2D eigenvalue weighted by atomic mass is 16.1. The summed E-state index contributed by atoms with van der Waals surface area (Å²) in [5.41, 5.74) is -0.0841. The smallest absolute Gasteiger partial charge is 0.126 e. The lowest BCUT2D eigenvalue weighted by atomic mass is 9.57. The van der Waals surface area contributed by atoms with Gasteiger partial charge in [0.1, 0.15) is 6.29 Å². The molecule has 0 radical (unpaired) electrons. The van der Waals surface area contributed by atoms with Gasteiger partial charge >= 0.3 is 0 Å². The number of hydrogen-bond donors (Lipinski definition) is 0. The molecule has 0 heterocycles. The summed E-state index contributed by atoms with van der Waals surface area (Å²) >= 11 is 0. The van der Waals surface area contributed by atoms with E-state index in [0.717, 1.165) is 6.42 Å². The molecule has 1 nitrogen and oxygen atoms in total. The van der Waals surface area contributed by atoms with Gasteiger partial charge in [0.2, 0.25) is 0 Å². The molecule has 0 bridgehead atoms. The molecule has 78 valence electrons. The Morgan fingerprint density at radius 2 is 2.21 bits per heavy atom. The van der Waals surface area contributed by atoms with Crippen LogP contribution in [0.4, 0.5) is 0 Å². The van der Waals surface area contributed by atoms with E-state index < -0.39 is 0 Å². The van der Waals surface area contributed by atoms with Crippen LogP contribution in [-0.2, 0) is 4.79 Å². The Bertz CT molecular complexity index is 256. The fourth-order valence-corrected chi connectivity index (χ4v) is 3.57. The standard InChI is InChI=1S/C13H20O/c1-10-5-3-6-11-7-4-8-13(2,9-14)12(10)11/h4,7,9-12H,3,5-6,8H2,1-2H3. The monoisotopic (exact) mass is 192 g/mol. The second kappa shape index (κ2) is 3.52. The lowest BCUT2D eigenvalue weighted by molar-refractivity contribution is -0.121. The number of carbonyl (C=O) groups is 1. The third-order valence-electron chi connectivity index (χ3n) is 4.24. The molecule has 14 heavy (non-hydrogen) atoms. The van der Waals surface area contributed by atoms with E-state index in [-0.39, 0.29) is 5.41 Å². The molecule has 0 aliphatic heterocycles. The van der Waals surface area contributed by atoms with Crippen molar-refractivity contribution in [2.45, 2.75) is 39.5 Å². The highest BCUT2D eigenvalue weighted by Crippen LogP contribution is 2.49. The van der Waals surface area contributed by atoms with Crippen LogP contribution in [0.5, 0.6) is 0 Å². The van der Waals surface area contributed by atoms with Crippen LogP contribution in [0, 0.1) is 23.2 Å². The molecule has 0 aromatic rings. The van der Waals surface area contributed by atoms with Crippen LogP contribution in [0.2, 0.25) is 0 Å². The van der Waals surface area contributed by atoms with Crippen LogP contribution in [0.3, 0.4) is 0 Å². The van der Waals surface area contributed by atoms with Gasteiger partial charge in [0.25, 0.3) is 0 Å². The summed E-state index contributed by atoms with van der Waals surface area (Å²) in [4.78, 5) is 11.2. The molecule has 0 aromatic carbocycles. The first-order valence-electron chi connectivity index (χ1n) is 5.80. The third kappa shape index (κ3) is 1.43. The van der Waals surface area contributed by atoms with E-state index in [1.54, 1.807) is 0 Å². The van der Waals surface area contributed by atoms with Gasteiger partial charge in [-0.25, -0.2) is 0 Å². The zero-order chi connectivity index (χ0) is 10.2. The van der Waals surface area contributed by atoms with E-state index in [4.69, 9.17) is 0 Å². The van der Waals surface area contributed by atoms with E-state index in [1.807, 2.05) is 0 Å². The van der Waals surface area contributed by atoms with Gasteiger partial charge in [-0.15, -0.1) is 0 Å². The Balaban J connectivity index is 2.30. The van der Waals surface area contributed by atoms with Crippen LogP contribution in [0.25, 0.3) is 0 Å². The summed E-state index contributed by atoms with van der Waals surface area (Å²) in [6.07, 6.45) is 10.6. The highest BCUT2D eigenvalue weighted by molar-refractivity contribution is 5.60. The molecule has 0 aromatic heterocycles. The summed E-state index contributed by atoms with van der Waals surface area (Å²) in [5.74, 6) is 1.98. The maximum absolute atomic E-state index is 11.2. The van der Waals surface area contributed by atoms with Crippen molar-refractivity contribution in [3.05, 3.63) is 12.2 Å². The van der Waals surface area contributed by atoms with Gasteiger partial charge in [-0.05, 0) is 30.6 Å². The average Bonchev–Trinajstić information content (AvgIpc) is 2.18. The average molecular weight is 192 g/mol. The lowest BCUT2D eigenvalue weighted by Gasteiger charge is -2.46. The van der Waals surface area contributed by atoms with Crippen molar-refractivity contribution in [3.63, 3.8) is 0 Å². The minimum Gasteiger partial charge on any atom is -0.303 e. The van der Waals surface area contributed by atoms with E-state index in [9.17, 15) is 4.79 Å². The normalized spacial score (nSPS) is 47.1. The molecular weight excluding hydrogens is 172 g/mol. The van der Waals surface area contributed by atoms with Crippen molar-refractivity contribution in [2.24, 2.45) is 23.2 Å². The van der Waals surface area contributed by atoms with Crippen molar-refractivity contribution in [1.29, 1.82) is 0 Å². The largest absolute Gasteiger partial charge is 0.303 e. The first kappa shape index (κ1) is 9.95. The number of fused-ring (bicyclic) bond motifs is 1. The molecule has 2 aliphatic rings. The van der Waals surface area contributed by atoms with Gasteiger partial charge in [0.05, 0.1) is 0 Å². The Labute approximate surface area is 86.6 Å². The Hall–Kier alpha value is -0.590. The summed E-state index contributed by atoms with van der Waals surface area (Å²) in [6.45, 7) is 4.46. The van der Waals surface area contributed by atoms with Crippen molar-refractivity contribution < 1.29 is 4.79 Å². The second-order valence-electron chi connectivity index (χ2n) is 5.35. The van der Waals surface area contributed by atoms with E-state index in [2.05, 4.69) is 26.0 Å². The number of carbonyl (C=O) groups excluding carboxylic acids is 1. The van der Waals surface area contributed by atoms with Gasteiger partial charge in [0, 0.05) is 5.41 Å². The fraction of sp³-hybridized carbons (Fsp3) is 0.769. The van der Waals surface area contributed by atoms with E-state index in [1.165, 1.54) is 25.5 Å². The summed E-state index contributed by atoms with van der Waals surface area (Å²) in [5, 5.41) is 0. The molecule has 2 aliphatic carbocycles. The third-order valence-corrected chi connectivity index (χ3v) is 4.24. The van der Waals surface area contributed by atoms with Crippen molar-refractivity contribution in [3.8, 4) is 0 Å². The topological polar surface area (TPSA) is 17.1 Å². The molecule has 0 N–H and O–H groups in total. The maximum atomic E-state index is 11.2. The Kier molecular flexibility index (Phi) is 2.50. The molecule has 4 atom stereocenters. The fourth-order valence-electron chi connectivity index (χ4n) is 3.57. The van der Waals surface area contributed by atoms with Gasteiger partial charge in [-0.1, -0.05) is 38.8 Å². The zero-order valence-electron chi connectivity index (χ0n) is 9.20. The van der Waals surface area contributed by atoms with Crippen molar-refractivity contribution >= 4 is 6.29 Å². The molecular formula is C13H20O. The number of aldehydes is 1. The summed E-state index contributed by atoms with van der Waals surface area (Å²) in [6, 6.07) is 0. The molecule has 4 unspecified atom stereocenters. The molecule has 2 rings (SSSR count). The maximum Gasteiger partial charge on any atom is 0.126 e. The molecule has 0 amide bonds. The van der Waals surface area contributed by atoms with Crippen LogP contribution in [0.15, 0.2) is 12.2 Å². The second-order valence-corrected chi connectivity index (χ2v) is 5.35. The van der Waals surface area contributed by atoms with Crippen LogP contribution in [-0.4, -0.2) is 6.29 Å². The first-order valence-corrected chi connectivity index (χ1v) is 5.80.